The molecule has 0 aromatic carbocycles. The molecule has 0 atom stereocenters. The number of ether oxygens (including phenoxy) is 2. The Morgan fingerprint density at radius 1 is 0.944 bits per heavy atom. The molecule has 0 aromatic heterocycles. The summed E-state index contributed by atoms with van der Waals surface area (Å²) in [5.74, 6) is -0.833. The van der Waals surface area contributed by atoms with Gasteiger partial charge in [-0.1, -0.05) is 0 Å². The molecule has 18 heavy (non-hydrogen) atoms. The summed E-state index contributed by atoms with van der Waals surface area (Å²) in [6.07, 6.45) is 0. The first-order valence-corrected chi connectivity index (χ1v) is 5.24. The fourth-order valence-corrected chi connectivity index (χ4v) is 0.451. The summed E-state index contributed by atoms with van der Waals surface area (Å²) in [5.41, 5.74) is 0. The van der Waals surface area contributed by atoms with E-state index in [1.54, 1.807) is 6.92 Å². The van der Waals surface area contributed by atoms with Gasteiger partial charge in [-0.3, -0.25) is 4.79 Å². The standard InChI is InChI=1S/C6H14O4.C2H4O2.C2H6O.H2O/c7-1-3-9-5-6-10-4-2-8;1-2(3)4;1-2-3;/h7-8H,1-6H2;1H3,(H,3,4);3H,2H2,1H3;1H2. The Balaban J connectivity index is -0.000000103. The minimum absolute atomic E-state index is 0. The van der Waals surface area contributed by atoms with E-state index in [1.165, 1.54) is 0 Å². The lowest BCUT2D eigenvalue weighted by atomic mass is 10.7. The fourth-order valence-electron chi connectivity index (χ4n) is 0.451. The Kier molecular flexibility index (Phi) is 43.0. The molecule has 0 aliphatic heterocycles. The third kappa shape index (κ3) is 79.5. The zero-order valence-corrected chi connectivity index (χ0v) is 11.0. The van der Waals surface area contributed by atoms with Crippen molar-refractivity contribution in [3.63, 3.8) is 0 Å². The number of carbonyl (C=O) groups is 1. The first-order valence-electron chi connectivity index (χ1n) is 5.24. The topological polar surface area (TPSA) is 148 Å². The number of hydrogen-bond donors (Lipinski definition) is 4. The van der Waals surface area contributed by atoms with Crippen LogP contribution in [0.1, 0.15) is 13.8 Å². The molecule has 0 amide bonds. The smallest absolute Gasteiger partial charge is 0.300 e. The van der Waals surface area contributed by atoms with Crippen molar-refractivity contribution in [3.05, 3.63) is 0 Å². The van der Waals surface area contributed by atoms with Gasteiger partial charge in [0, 0.05) is 13.5 Å². The minimum Gasteiger partial charge on any atom is -0.481 e. The van der Waals surface area contributed by atoms with Crippen LogP contribution in [0.4, 0.5) is 0 Å². The molecule has 0 saturated carbocycles. The SMILES string of the molecule is CC(=O)O.CCO.O.OCCOCCOCCO. The predicted octanol–water partition coefficient (Wildman–Crippen LogP) is -1.73. The molecule has 0 aliphatic rings. The molecule has 0 aromatic rings. The van der Waals surface area contributed by atoms with Gasteiger partial charge in [0.1, 0.15) is 0 Å². The van der Waals surface area contributed by atoms with Crippen molar-refractivity contribution in [1.29, 1.82) is 0 Å². The van der Waals surface area contributed by atoms with Gasteiger partial charge in [-0.15, -0.1) is 0 Å². The molecule has 8 heteroatoms. The van der Waals surface area contributed by atoms with Crippen molar-refractivity contribution < 1.29 is 40.2 Å². The third-order valence-corrected chi connectivity index (χ3v) is 0.843. The zero-order chi connectivity index (χ0) is 13.9. The first-order chi connectivity index (χ1) is 8.06. The summed E-state index contributed by atoms with van der Waals surface area (Å²) in [5, 5.41) is 31.5. The van der Waals surface area contributed by atoms with Crippen LogP contribution in [0.2, 0.25) is 0 Å². The summed E-state index contributed by atoms with van der Waals surface area (Å²) in [6.45, 7) is 4.74. The molecule has 6 N–H and O–H groups in total. The van der Waals surface area contributed by atoms with E-state index < -0.39 is 5.97 Å². The summed E-state index contributed by atoms with van der Waals surface area (Å²) >= 11 is 0. The molecule has 8 nitrogen and oxygen atoms in total. The quantitative estimate of drug-likeness (QED) is 0.403. The lowest BCUT2D eigenvalue weighted by Gasteiger charge is -2.01. The van der Waals surface area contributed by atoms with Gasteiger partial charge in [0.25, 0.3) is 5.97 Å². The lowest BCUT2D eigenvalue weighted by molar-refractivity contribution is -0.134. The molecule has 0 saturated heterocycles. The van der Waals surface area contributed by atoms with Crippen molar-refractivity contribution >= 4 is 5.97 Å². The minimum atomic E-state index is -0.833. The van der Waals surface area contributed by atoms with E-state index in [2.05, 4.69) is 0 Å². The van der Waals surface area contributed by atoms with Gasteiger partial charge in [0.2, 0.25) is 0 Å². The maximum Gasteiger partial charge on any atom is 0.300 e. The van der Waals surface area contributed by atoms with Crippen LogP contribution in [0.15, 0.2) is 0 Å². The van der Waals surface area contributed by atoms with Crippen molar-refractivity contribution in [2.45, 2.75) is 13.8 Å². The largest absolute Gasteiger partial charge is 0.481 e. The number of carboxylic acid groups (broad SMARTS) is 1. The Hall–Kier alpha value is -0.770. The molecule has 0 aliphatic carbocycles. The molecule has 0 radical (unpaired) electrons. The van der Waals surface area contributed by atoms with Gasteiger partial charge < -0.3 is 35.4 Å². The van der Waals surface area contributed by atoms with Gasteiger partial charge in [0.15, 0.2) is 0 Å². The molecular formula is C10H26O8. The molecule has 114 valence electrons. The Morgan fingerprint density at radius 2 is 1.17 bits per heavy atom. The van der Waals surface area contributed by atoms with Crippen LogP contribution in [-0.4, -0.2) is 78.1 Å². The van der Waals surface area contributed by atoms with Crippen LogP contribution in [0.25, 0.3) is 0 Å². The van der Waals surface area contributed by atoms with E-state index in [0.29, 0.717) is 26.4 Å². The molecule has 0 spiro atoms. The molecule has 0 rings (SSSR count). The van der Waals surface area contributed by atoms with E-state index in [4.69, 9.17) is 34.7 Å². The van der Waals surface area contributed by atoms with Crippen LogP contribution in [0.3, 0.4) is 0 Å². The summed E-state index contributed by atoms with van der Waals surface area (Å²) in [7, 11) is 0. The Bertz CT molecular complexity index is 119. The third-order valence-electron chi connectivity index (χ3n) is 0.843. The van der Waals surface area contributed by atoms with Crippen LogP contribution in [0, 0.1) is 0 Å². The monoisotopic (exact) mass is 274 g/mol. The van der Waals surface area contributed by atoms with Crippen molar-refractivity contribution in [1.82, 2.24) is 0 Å². The van der Waals surface area contributed by atoms with Gasteiger partial charge in [-0.2, -0.15) is 0 Å². The Labute approximate surface area is 107 Å². The van der Waals surface area contributed by atoms with E-state index in [1.807, 2.05) is 0 Å². The maximum absolute atomic E-state index is 9.00. The van der Waals surface area contributed by atoms with Crippen molar-refractivity contribution in [2.24, 2.45) is 0 Å². The predicted molar refractivity (Wildman–Crippen MR) is 65.5 cm³/mol. The number of aliphatic hydroxyl groups is 3. The Morgan fingerprint density at radius 3 is 1.33 bits per heavy atom. The second-order valence-corrected chi connectivity index (χ2v) is 2.51. The normalized spacial score (nSPS) is 8.06. The van der Waals surface area contributed by atoms with Crippen LogP contribution in [0.5, 0.6) is 0 Å². The second-order valence-electron chi connectivity index (χ2n) is 2.51. The molecule has 0 fully saturated rings. The highest BCUT2D eigenvalue weighted by Crippen LogP contribution is 1.76. The number of hydrogen-bond acceptors (Lipinski definition) is 6. The first kappa shape index (κ1) is 25.9. The average molecular weight is 274 g/mol. The molecule has 0 unspecified atom stereocenters. The number of carboxylic acids is 1. The van der Waals surface area contributed by atoms with E-state index >= 15 is 0 Å². The molecular weight excluding hydrogens is 248 g/mol. The number of aliphatic hydroxyl groups excluding tert-OH is 3. The molecule has 0 heterocycles. The van der Waals surface area contributed by atoms with Gasteiger partial charge >= 0.3 is 0 Å². The summed E-state index contributed by atoms with van der Waals surface area (Å²) < 4.78 is 9.75. The van der Waals surface area contributed by atoms with E-state index in [0.717, 1.165) is 6.92 Å². The highest BCUT2D eigenvalue weighted by Gasteiger charge is 1.86. The van der Waals surface area contributed by atoms with E-state index in [9.17, 15) is 0 Å². The molecule has 0 bridgehead atoms. The fraction of sp³-hybridized carbons (Fsp3) is 0.900. The van der Waals surface area contributed by atoms with Crippen molar-refractivity contribution in [3.8, 4) is 0 Å². The highest BCUT2D eigenvalue weighted by atomic mass is 16.5. The number of rotatable bonds is 7. The average Bonchev–Trinajstić information content (AvgIpc) is 2.24. The van der Waals surface area contributed by atoms with Crippen LogP contribution >= 0.6 is 0 Å². The highest BCUT2D eigenvalue weighted by molar-refractivity contribution is 5.62. The summed E-state index contributed by atoms with van der Waals surface area (Å²) in [4.78, 5) is 9.00. The second kappa shape index (κ2) is 29.9. The zero-order valence-electron chi connectivity index (χ0n) is 11.0. The number of aliphatic carboxylic acids is 1. The van der Waals surface area contributed by atoms with Crippen LogP contribution in [-0.2, 0) is 14.3 Å². The summed E-state index contributed by atoms with van der Waals surface area (Å²) in [6, 6.07) is 0. The van der Waals surface area contributed by atoms with Crippen molar-refractivity contribution in [2.75, 3.05) is 46.2 Å². The van der Waals surface area contributed by atoms with Gasteiger partial charge in [0.05, 0.1) is 39.6 Å². The van der Waals surface area contributed by atoms with E-state index in [-0.39, 0.29) is 25.3 Å². The van der Waals surface area contributed by atoms with Gasteiger partial charge in [-0.05, 0) is 6.92 Å². The van der Waals surface area contributed by atoms with Crippen LogP contribution < -0.4 is 0 Å². The lowest BCUT2D eigenvalue weighted by Crippen LogP contribution is -2.09. The maximum atomic E-state index is 9.00. The van der Waals surface area contributed by atoms with Gasteiger partial charge in [-0.25, -0.2) is 0 Å².